The number of rotatable bonds is 6. The zero-order valence-corrected chi connectivity index (χ0v) is 9.60. The Labute approximate surface area is 87.4 Å². The minimum atomic E-state index is -1.04. The second-order valence-corrected chi connectivity index (χ2v) is 4.81. The molecule has 0 aliphatic carbocycles. The lowest BCUT2D eigenvalue weighted by molar-refractivity contribution is 0.444. The standard InChI is InChI=1S/C10H17NO2S/c1-3-4-5-6-7-14(12)10-11-9(2)8-13-10/h8H,3-7H2,1-2H3. The van der Waals surface area contributed by atoms with Gasteiger partial charge in [-0.2, -0.15) is 0 Å². The number of hydrogen-bond acceptors (Lipinski definition) is 3. The maximum atomic E-state index is 11.6. The van der Waals surface area contributed by atoms with Crippen LogP contribution in [0.5, 0.6) is 0 Å². The quantitative estimate of drug-likeness (QED) is 0.685. The highest BCUT2D eigenvalue weighted by Crippen LogP contribution is 2.09. The molecule has 14 heavy (non-hydrogen) atoms. The Balaban J connectivity index is 2.29. The minimum absolute atomic E-state index is 0.374. The van der Waals surface area contributed by atoms with E-state index >= 15 is 0 Å². The molecule has 1 aromatic heterocycles. The Morgan fingerprint density at radius 1 is 1.43 bits per heavy atom. The Morgan fingerprint density at radius 3 is 2.79 bits per heavy atom. The van der Waals surface area contributed by atoms with Crippen LogP contribution in [0.25, 0.3) is 0 Å². The van der Waals surface area contributed by atoms with E-state index in [0.717, 1.165) is 18.5 Å². The first-order chi connectivity index (χ1) is 6.74. The van der Waals surface area contributed by atoms with Gasteiger partial charge in [0.2, 0.25) is 0 Å². The topological polar surface area (TPSA) is 43.1 Å². The van der Waals surface area contributed by atoms with E-state index in [0.29, 0.717) is 11.0 Å². The third kappa shape index (κ3) is 3.62. The van der Waals surface area contributed by atoms with E-state index in [1.807, 2.05) is 6.92 Å². The smallest absolute Gasteiger partial charge is 0.286 e. The summed E-state index contributed by atoms with van der Waals surface area (Å²) in [5, 5.41) is 0.374. The summed E-state index contributed by atoms with van der Waals surface area (Å²) in [6, 6.07) is 0. The van der Waals surface area contributed by atoms with Gasteiger partial charge in [-0.1, -0.05) is 26.2 Å². The minimum Gasteiger partial charge on any atom is -0.438 e. The maximum absolute atomic E-state index is 11.6. The first-order valence-corrected chi connectivity index (χ1v) is 6.36. The van der Waals surface area contributed by atoms with Crippen molar-refractivity contribution in [3.8, 4) is 0 Å². The number of oxazole rings is 1. The van der Waals surface area contributed by atoms with Crippen LogP contribution in [0.15, 0.2) is 15.9 Å². The summed E-state index contributed by atoms with van der Waals surface area (Å²) in [5.74, 6) is 0.667. The Bertz CT molecular complexity index is 296. The molecule has 1 heterocycles. The van der Waals surface area contributed by atoms with E-state index < -0.39 is 10.8 Å². The van der Waals surface area contributed by atoms with Crippen LogP contribution < -0.4 is 0 Å². The van der Waals surface area contributed by atoms with Crippen molar-refractivity contribution in [1.29, 1.82) is 0 Å². The van der Waals surface area contributed by atoms with Crippen molar-refractivity contribution in [3.63, 3.8) is 0 Å². The highest BCUT2D eigenvalue weighted by Gasteiger charge is 2.09. The molecule has 0 aliphatic rings. The molecule has 0 radical (unpaired) electrons. The van der Waals surface area contributed by atoms with Gasteiger partial charge in [0.1, 0.15) is 17.1 Å². The van der Waals surface area contributed by atoms with Crippen LogP contribution in [-0.2, 0) is 10.8 Å². The molecule has 0 bridgehead atoms. The molecule has 0 amide bonds. The SMILES string of the molecule is CCCCCCS(=O)c1nc(C)co1. The van der Waals surface area contributed by atoms with Gasteiger partial charge in [0.05, 0.1) is 5.69 Å². The third-order valence-electron chi connectivity index (χ3n) is 1.98. The molecule has 4 heteroatoms. The van der Waals surface area contributed by atoms with E-state index in [1.54, 1.807) is 6.26 Å². The van der Waals surface area contributed by atoms with Crippen molar-refractivity contribution in [1.82, 2.24) is 4.98 Å². The number of aromatic nitrogens is 1. The first-order valence-electron chi connectivity index (χ1n) is 5.04. The zero-order chi connectivity index (χ0) is 10.4. The molecule has 0 spiro atoms. The largest absolute Gasteiger partial charge is 0.438 e. The van der Waals surface area contributed by atoms with Crippen molar-refractivity contribution in [2.75, 3.05) is 5.75 Å². The van der Waals surface area contributed by atoms with Gasteiger partial charge >= 0.3 is 0 Å². The highest BCUT2D eigenvalue weighted by atomic mass is 32.2. The molecular formula is C10H17NO2S. The summed E-state index contributed by atoms with van der Waals surface area (Å²) in [6.07, 6.45) is 6.08. The summed E-state index contributed by atoms with van der Waals surface area (Å²) in [4.78, 5) is 4.04. The summed E-state index contributed by atoms with van der Waals surface area (Å²) in [5.41, 5.74) is 0.793. The summed E-state index contributed by atoms with van der Waals surface area (Å²) in [7, 11) is -1.04. The molecule has 1 atom stereocenters. The Morgan fingerprint density at radius 2 is 2.21 bits per heavy atom. The lowest BCUT2D eigenvalue weighted by atomic mass is 10.2. The van der Waals surface area contributed by atoms with E-state index in [1.165, 1.54) is 12.8 Å². The molecule has 80 valence electrons. The number of unbranched alkanes of at least 4 members (excludes halogenated alkanes) is 3. The number of hydrogen-bond donors (Lipinski definition) is 0. The fourth-order valence-electron chi connectivity index (χ4n) is 1.18. The van der Waals surface area contributed by atoms with E-state index in [4.69, 9.17) is 4.42 Å². The molecule has 0 aliphatic heterocycles. The fraction of sp³-hybridized carbons (Fsp3) is 0.700. The predicted octanol–water partition coefficient (Wildman–Crippen LogP) is 2.67. The Kier molecular flexibility index (Phi) is 4.87. The maximum Gasteiger partial charge on any atom is 0.286 e. The van der Waals surface area contributed by atoms with Crippen LogP contribution in [0.1, 0.15) is 38.3 Å². The fourth-order valence-corrected chi connectivity index (χ4v) is 2.23. The molecule has 3 nitrogen and oxygen atoms in total. The predicted molar refractivity (Wildman–Crippen MR) is 56.7 cm³/mol. The molecular weight excluding hydrogens is 198 g/mol. The van der Waals surface area contributed by atoms with E-state index in [-0.39, 0.29) is 0 Å². The molecule has 1 aromatic rings. The van der Waals surface area contributed by atoms with Crippen LogP contribution in [0.4, 0.5) is 0 Å². The van der Waals surface area contributed by atoms with Gasteiger partial charge in [-0.3, -0.25) is 0 Å². The van der Waals surface area contributed by atoms with Crippen LogP contribution in [0.3, 0.4) is 0 Å². The first kappa shape index (κ1) is 11.4. The van der Waals surface area contributed by atoms with Gasteiger partial charge in [0.15, 0.2) is 0 Å². The normalized spacial score (nSPS) is 13.0. The second kappa shape index (κ2) is 5.96. The van der Waals surface area contributed by atoms with Gasteiger partial charge in [-0.05, 0) is 13.3 Å². The average Bonchev–Trinajstić information content (AvgIpc) is 2.59. The van der Waals surface area contributed by atoms with Crippen molar-refractivity contribution in [2.45, 2.75) is 44.8 Å². The monoisotopic (exact) mass is 215 g/mol. The van der Waals surface area contributed by atoms with Gasteiger partial charge in [-0.25, -0.2) is 9.19 Å². The van der Waals surface area contributed by atoms with Crippen LogP contribution in [0, 0.1) is 6.92 Å². The molecule has 1 rings (SSSR count). The highest BCUT2D eigenvalue weighted by molar-refractivity contribution is 7.84. The average molecular weight is 215 g/mol. The molecule has 0 saturated heterocycles. The number of aryl methyl sites for hydroxylation is 1. The van der Waals surface area contributed by atoms with Crippen LogP contribution in [0.2, 0.25) is 0 Å². The second-order valence-electron chi connectivity index (χ2n) is 3.37. The van der Waals surface area contributed by atoms with Crippen molar-refractivity contribution >= 4 is 10.8 Å². The molecule has 0 aromatic carbocycles. The van der Waals surface area contributed by atoms with E-state index in [2.05, 4.69) is 11.9 Å². The zero-order valence-electron chi connectivity index (χ0n) is 8.78. The lowest BCUT2D eigenvalue weighted by Crippen LogP contribution is -1.98. The van der Waals surface area contributed by atoms with Crippen molar-refractivity contribution in [2.24, 2.45) is 0 Å². The summed E-state index contributed by atoms with van der Waals surface area (Å²) >= 11 is 0. The third-order valence-corrected chi connectivity index (χ3v) is 3.21. The van der Waals surface area contributed by atoms with Crippen molar-refractivity contribution in [3.05, 3.63) is 12.0 Å². The Hall–Kier alpha value is -0.640. The molecule has 0 fully saturated rings. The molecule has 0 N–H and O–H groups in total. The van der Waals surface area contributed by atoms with Gasteiger partial charge in [0.25, 0.3) is 5.22 Å². The number of nitrogens with zero attached hydrogens (tertiary/aromatic N) is 1. The van der Waals surface area contributed by atoms with Gasteiger partial charge in [-0.15, -0.1) is 0 Å². The van der Waals surface area contributed by atoms with E-state index in [9.17, 15) is 4.21 Å². The van der Waals surface area contributed by atoms with Gasteiger partial charge in [0, 0.05) is 5.75 Å². The van der Waals surface area contributed by atoms with Gasteiger partial charge < -0.3 is 4.42 Å². The van der Waals surface area contributed by atoms with Crippen LogP contribution in [-0.4, -0.2) is 14.9 Å². The summed E-state index contributed by atoms with van der Waals surface area (Å²) in [6.45, 7) is 4.00. The van der Waals surface area contributed by atoms with Crippen molar-refractivity contribution < 1.29 is 8.63 Å². The van der Waals surface area contributed by atoms with Crippen LogP contribution >= 0.6 is 0 Å². The summed E-state index contributed by atoms with van der Waals surface area (Å²) < 4.78 is 16.6. The molecule has 1 unspecified atom stereocenters. The lowest BCUT2D eigenvalue weighted by Gasteiger charge is -1.97. The molecule has 0 saturated carbocycles.